The molecule has 0 aliphatic carbocycles. The first-order valence-corrected chi connectivity index (χ1v) is 6.67. The number of rotatable bonds is 4. The summed E-state index contributed by atoms with van der Waals surface area (Å²) >= 11 is 1.65. The molecule has 1 aromatic carbocycles. The van der Waals surface area contributed by atoms with Crippen molar-refractivity contribution < 1.29 is 0 Å². The fraction of sp³-hybridized carbons (Fsp3) is 0.167. The largest absolute Gasteiger partial charge is 0.314 e. The van der Waals surface area contributed by atoms with Gasteiger partial charge in [0.1, 0.15) is 11.3 Å². The van der Waals surface area contributed by atoms with Gasteiger partial charge in [0.05, 0.1) is 11.4 Å². The summed E-state index contributed by atoms with van der Waals surface area (Å²) < 4.78 is 1.63. The molecule has 0 spiro atoms. The molecule has 19 heavy (non-hydrogen) atoms. The van der Waals surface area contributed by atoms with Crippen LogP contribution < -0.4 is 5.32 Å². The van der Waals surface area contributed by atoms with E-state index in [9.17, 15) is 0 Å². The van der Waals surface area contributed by atoms with E-state index in [2.05, 4.69) is 31.2 Å². The molecule has 3 aromatic rings. The van der Waals surface area contributed by atoms with Crippen molar-refractivity contribution >= 4 is 11.3 Å². The molecule has 0 amide bonds. The van der Waals surface area contributed by atoms with Gasteiger partial charge >= 0.3 is 0 Å². The minimum atomic E-state index is 0.789. The molecular weight excluding hydrogens is 260 g/mol. The third kappa shape index (κ3) is 2.51. The lowest BCUT2D eigenvalue weighted by Gasteiger charge is -2.01. The van der Waals surface area contributed by atoms with Crippen LogP contribution in [0.3, 0.4) is 0 Å². The maximum atomic E-state index is 4.59. The number of hydrogen-bond acceptors (Lipinski definition) is 6. The average molecular weight is 272 g/mol. The first kappa shape index (κ1) is 11.9. The maximum Gasteiger partial charge on any atom is 0.143 e. The van der Waals surface area contributed by atoms with Crippen molar-refractivity contribution in [3.63, 3.8) is 0 Å². The molecule has 2 aromatic heterocycles. The Morgan fingerprint density at radius 3 is 3.11 bits per heavy atom. The number of tetrazole rings is 1. The molecule has 96 valence electrons. The van der Waals surface area contributed by atoms with Crippen molar-refractivity contribution in [1.82, 2.24) is 30.5 Å². The second-order valence-electron chi connectivity index (χ2n) is 3.96. The summed E-state index contributed by atoms with van der Waals surface area (Å²) in [7, 11) is 1.92. The summed E-state index contributed by atoms with van der Waals surface area (Å²) in [6.07, 6.45) is 1.58. The van der Waals surface area contributed by atoms with Crippen molar-refractivity contribution in [3.05, 3.63) is 41.0 Å². The molecule has 0 saturated heterocycles. The average Bonchev–Trinajstić information content (AvgIpc) is 3.11. The van der Waals surface area contributed by atoms with E-state index in [1.54, 1.807) is 22.3 Å². The molecular formula is C12H12N6S. The summed E-state index contributed by atoms with van der Waals surface area (Å²) in [6.45, 7) is 0.789. The predicted molar refractivity (Wildman–Crippen MR) is 73.0 cm³/mol. The smallest absolute Gasteiger partial charge is 0.143 e. The Bertz CT molecular complexity index is 660. The maximum absolute atomic E-state index is 4.59. The Balaban J connectivity index is 1.94. The molecule has 3 rings (SSSR count). The van der Waals surface area contributed by atoms with Gasteiger partial charge in [-0.25, -0.2) is 9.67 Å². The van der Waals surface area contributed by atoms with E-state index >= 15 is 0 Å². The Morgan fingerprint density at radius 1 is 1.37 bits per heavy atom. The highest BCUT2D eigenvalue weighted by atomic mass is 32.1. The van der Waals surface area contributed by atoms with Gasteiger partial charge in [0.25, 0.3) is 0 Å². The van der Waals surface area contributed by atoms with Crippen LogP contribution >= 0.6 is 11.3 Å². The van der Waals surface area contributed by atoms with Crippen molar-refractivity contribution in [2.45, 2.75) is 6.54 Å². The summed E-state index contributed by atoms with van der Waals surface area (Å²) in [5, 5.41) is 17.4. The Kier molecular flexibility index (Phi) is 3.30. The highest BCUT2D eigenvalue weighted by Crippen LogP contribution is 2.23. The number of thiazole rings is 1. The van der Waals surface area contributed by atoms with Crippen LogP contribution in [0.1, 0.15) is 5.01 Å². The zero-order valence-corrected chi connectivity index (χ0v) is 11.1. The Labute approximate surface area is 114 Å². The molecule has 6 nitrogen and oxygen atoms in total. The van der Waals surface area contributed by atoms with E-state index in [-0.39, 0.29) is 0 Å². The van der Waals surface area contributed by atoms with Crippen molar-refractivity contribution in [3.8, 4) is 16.9 Å². The summed E-state index contributed by atoms with van der Waals surface area (Å²) in [5.41, 5.74) is 2.96. The van der Waals surface area contributed by atoms with Crippen LogP contribution in [0.2, 0.25) is 0 Å². The van der Waals surface area contributed by atoms with Gasteiger partial charge in [-0.3, -0.25) is 0 Å². The predicted octanol–water partition coefficient (Wildman–Crippen LogP) is 1.51. The lowest BCUT2D eigenvalue weighted by Crippen LogP contribution is -2.04. The fourth-order valence-electron chi connectivity index (χ4n) is 1.76. The van der Waals surface area contributed by atoms with Crippen LogP contribution in [0, 0.1) is 0 Å². The summed E-state index contributed by atoms with van der Waals surface area (Å²) in [4.78, 5) is 4.59. The number of aromatic nitrogens is 5. The van der Waals surface area contributed by atoms with Gasteiger partial charge < -0.3 is 5.32 Å². The zero-order chi connectivity index (χ0) is 13.1. The topological polar surface area (TPSA) is 68.5 Å². The first-order valence-electron chi connectivity index (χ1n) is 5.79. The highest BCUT2D eigenvalue weighted by Gasteiger charge is 2.06. The van der Waals surface area contributed by atoms with E-state index < -0.39 is 0 Å². The monoisotopic (exact) mass is 272 g/mol. The molecule has 0 aliphatic rings. The number of nitrogens with zero attached hydrogens (tertiary/aromatic N) is 5. The molecule has 0 radical (unpaired) electrons. The lowest BCUT2D eigenvalue weighted by atomic mass is 10.1. The third-order valence-corrected chi connectivity index (χ3v) is 3.48. The minimum Gasteiger partial charge on any atom is -0.314 e. The Hall–Kier alpha value is -2.12. The number of nitrogens with one attached hydrogen (secondary N) is 1. The number of hydrogen-bond donors (Lipinski definition) is 1. The van der Waals surface area contributed by atoms with Crippen LogP contribution in [0.25, 0.3) is 16.9 Å². The fourth-order valence-corrected chi connectivity index (χ4v) is 2.58. The number of benzene rings is 1. The third-order valence-electron chi connectivity index (χ3n) is 2.64. The van der Waals surface area contributed by atoms with E-state index in [1.165, 1.54) is 0 Å². The van der Waals surface area contributed by atoms with E-state index in [4.69, 9.17) is 0 Å². The molecule has 0 bridgehead atoms. The van der Waals surface area contributed by atoms with E-state index in [0.29, 0.717) is 0 Å². The quantitative estimate of drug-likeness (QED) is 0.779. The standard InChI is InChI=1S/C12H12N6S/c1-13-6-12-15-11(7-19-12)9-3-2-4-10(5-9)18-8-14-16-17-18/h2-5,7-8,13H,6H2,1H3. The summed E-state index contributed by atoms with van der Waals surface area (Å²) in [6, 6.07) is 7.99. The molecule has 0 atom stereocenters. The van der Waals surface area contributed by atoms with Crippen LogP contribution in [0.4, 0.5) is 0 Å². The van der Waals surface area contributed by atoms with Gasteiger partial charge in [0, 0.05) is 17.5 Å². The Morgan fingerprint density at radius 2 is 2.32 bits per heavy atom. The zero-order valence-electron chi connectivity index (χ0n) is 10.3. The van der Waals surface area contributed by atoms with Gasteiger partial charge in [0.15, 0.2) is 0 Å². The van der Waals surface area contributed by atoms with Crippen LogP contribution in [0.15, 0.2) is 36.0 Å². The second kappa shape index (κ2) is 5.25. The highest BCUT2D eigenvalue weighted by molar-refractivity contribution is 7.09. The summed E-state index contributed by atoms with van der Waals surface area (Å²) in [5.74, 6) is 0. The van der Waals surface area contributed by atoms with Gasteiger partial charge in [-0.1, -0.05) is 12.1 Å². The van der Waals surface area contributed by atoms with Crippen molar-refractivity contribution in [2.75, 3.05) is 7.05 Å². The van der Waals surface area contributed by atoms with Crippen molar-refractivity contribution in [2.24, 2.45) is 0 Å². The van der Waals surface area contributed by atoms with Crippen LogP contribution in [-0.4, -0.2) is 32.2 Å². The van der Waals surface area contributed by atoms with Crippen molar-refractivity contribution in [1.29, 1.82) is 0 Å². The van der Waals surface area contributed by atoms with Gasteiger partial charge in [-0.15, -0.1) is 16.4 Å². The van der Waals surface area contributed by atoms with E-state index in [0.717, 1.165) is 28.5 Å². The van der Waals surface area contributed by atoms with Gasteiger partial charge in [0.2, 0.25) is 0 Å². The molecule has 0 fully saturated rings. The van der Waals surface area contributed by atoms with Crippen LogP contribution in [-0.2, 0) is 6.54 Å². The second-order valence-corrected chi connectivity index (χ2v) is 4.90. The molecule has 0 unspecified atom stereocenters. The molecule has 0 saturated carbocycles. The van der Waals surface area contributed by atoms with Gasteiger partial charge in [-0.2, -0.15) is 0 Å². The molecule has 1 N–H and O–H groups in total. The molecule has 0 aliphatic heterocycles. The van der Waals surface area contributed by atoms with E-state index in [1.807, 2.05) is 31.3 Å². The van der Waals surface area contributed by atoms with Gasteiger partial charge in [-0.05, 0) is 29.6 Å². The SMILES string of the molecule is CNCc1nc(-c2cccc(-n3cnnn3)c2)cs1. The normalized spacial score (nSPS) is 10.8. The molecule has 7 heteroatoms. The molecule has 2 heterocycles. The van der Waals surface area contributed by atoms with Crippen LogP contribution in [0.5, 0.6) is 0 Å². The minimum absolute atomic E-state index is 0.789. The first-order chi connectivity index (χ1) is 9.36. The lowest BCUT2D eigenvalue weighted by molar-refractivity contribution is 0.789.